The number of para-hydroxylation sites is 1. The van der Waals surface area contributed by atoms with Crippen LogP contribution in [0, 0.1) is 13.8 Å². The predicted octanol–water partition coefficient (Wildman–Crippen LogP) is 4.34. The molecular weight excluding hydrogens is 376 g/mol. The highest BCUT2D eigenvalue weighted by Gasteiger charge is 2.37. The Bertz CT molecular complexity index is 1070. The van der Waals surface area contributed by atoms with Crippen LogP contribution in [0.4, 0.5) is 0 Å². The van der Waals surface area contributed by atoms with Crippen molar-refractivity contribution in [1.82, 2.24) is 10.3 Å². The fraction of sp³-hybridized carbons (Fsp3) is 0.360. The molecule has 0 unspecified atom stereocenters. The lowest BCUT2D eigenvalue weighted by atomic mass is 9.73. The molecule has 0 spiro atoms. The van der Waals surface area contributed by atoms with Gasteiger partial charge in [0.05, 0.1) is 23.9 Å². The Morgan fingerprint density at radius 3 is 2.67 bits per heavy atom. The van der Waals surface area contributed by atoms with Gasteiger partial charge in [-0.2, -0.15) is 0 Å². The molecule has 156 valence electrons. The number of fused-ring (bicyclic) bond motifs is 1. The molecule has 1 amide bonds. The molecule has 2 aromatic carbocycles. The quantitative estimate of drug-likeness (QED) is 0.687. The Hall–Kier alpha value is -2.92. The number of hydrogen-bond acceptors (Lipinski definition) is 4. The monoisotopic (exact) mass is 404 g/mol. The van der Waals surface area contributed by atoms with Crippen molar-refractivity contribution in [3.63, 3.8) is 0 Å². The molecule has 0 bridgehead atoms. The van der Waals surface area contributed by atoms with Gasteiger partial charge < -0.3 is 14.8 Å². The second-order valence-electron chi connectivity index (χ2n) is 8.09. The van der Waals surface area contributed by atoms with E-state index < -0.39 is 0 Å². The molecule has 5 nitrogen and oxygen atoms in total. The summed E-state index contributed by atoms with van der Waals surface area (Å²) in [6, 6.07) is 16.0. The number of aromatic nitrogens is 1. The number of nitrogens with zero attached hydrogens (tertiary/aromatic N) is 1. The lowest BCUT2D eigenvalue weighted by molar-refractivity contribution is 0.0479. The largest absolute Gasteiger partial charge is 0.496 e. The lowest BCUT2D eigenvalue weighted by Crippen LogP contribution is -2.45. The molecule has 1 saturated heterocycles. The molecule has 0 atom stereocenters. The SMILES string of the molecule is COc1ccc(C)cc1C1(CNC(=O)c2cc3ccccc3nc2C)CCOCC1. The molecule has 1 N–H and O–H groups in total. The highest BCUT2D eigenvalue weighted by atomic mass is 16.5. The van der Waals surface area contributed by atoms with Gasteiger partial charge in [0, 0.05) is 36.1 Å². The molecule has 0 saturated carbocycles. The van der Waals surface area contributed by atoms with Crippen molar-refractivity contribution < 1.29 is 14.3 Å². The maximum atomic E-state index is 13.1. The van der Waals surface area contributed by atoms with Crippen molar-refractivity contribution >= 4 is 16.8 Å². The molecule has 3 aromatic rings. The van der Waals surface area contributed by atoms with Gasteiger partial charge in [0.25, 0.3) is 5.91 Å². The van der Waals surface area contributed by atoms with Crippen molar-refractivity contribution in [2.45, 2.75) is 32.1 Å². The predicted molar refractivity (Wildman–Crippen MR) is 118 cm³/mol. The van der Waals surface area contributed by atoms with Crippen LogP contribution in [-0.2, 0) is 10.2 Å². The smallest absolute Gasteiger partial charge is 0.253 e. The first-order chi connectivity index (χ1) is 14.5. The minimum atomic E-state index is -0.219. The van der Waals surface area contributed by atoms with Crippen molar-refractivity contribution in [2.24, 2.45) is 0 Å². The number of amides is 1. The minimum Gasteiger partial charge on any atom is -0.496 e. The first kappa shape index (κ1) is 20.4. The molecule has 1 aromatic heterocycles. The summed E-state index contributed by atoms with van der Waals surface area (Å²) in [5.41, 5.74) is 4.35. The number of carbonyl (C=O) groups is 1. The van der Waals surface area contributed by atoms with Crippen LogP contribution in [-0.4, -0.2) is 37.8 Å². The maximum Gasteiger partial charge on any atom is 0.253 e. The topological polar surface area (TPSA) is 60.5 Å². The highest BCUT2D eigenvalue weighted by molar-refractivity contribution is 5.98. The Morgan fingerprint density at radius 2 is 1.90 bits per heavy atom. The van der Waals surface area contributed by atoms with Crippen LogP contribution in [0.2, 0.25) is 0 Å². The third-order valence-corrected chi connectivity index (χ3v) is 6.12. The van der Waals surface area contributed by atoms with Crippen molar-refractivity contribution in [3.8, 4) is 5.75 Å². The van der Waals surface area contributed by atoms with Crippen LogP contribution in [0.1, 0.15) is 40.0 Å². The third kappa shape index (κ3) is 3.90. The normalized spacial score (nSPS) is 15.7. The fourth-order valence-electron chi connectivity index (χ4n) is 4.33. The van der Waals surface area contributed by atoms with E-state index in [1.807, 2.05) is 43.3 Å². The Balaban J connectivity index is 1.63. The molecule has 0 aliphatic carbocycles. The Labute approximate surface area is 177 Å². The maximum absolute atomic E-state index is 13.1. The van der Waals surface area contributed by atoms with Gasteiger partial charge in [0.2, 0.25) is 0 Å². The number of hydrogen-bond donors (Lipinski definition) is 1. The van der Waals surface area contributed by atoms with Gasteiger partial charge in [0.15, 0.2) is 0 Å². The van der Waals surface area contributed by atoms with Crippen molar-refractivity contribution in [1.29, 1.82) is 0 Å². The van der Waals surface area contributed by atoms with Gasteiger partial charge in [-0.15, -0.1) is 0 Å². The number of ether oxygens (including phenoxy) is 2. The summed E-state index contributed by atoms with van der Waals surface area (Å²) in [7, 11) is 1.70. The minimum absolute atomic E-state index is 0.0942. The van der Waals surface area contributed by atoms with Crippen LogP contribution in [0.5, 0.6) is 5.75 Å². The van der Waals surface area contributed by atoms with Gasteiger partial charge >= 0.3 is 0 Å². The van der Waals surface area contributed by atoms with Gasteiger partial charge in [0.1, 0.15) is 5.75 Å². The molecule has 30 heavy (non-hydrogen) atoms. The standard InChI is InChI=1S/C25H28N2O3/c1-17-8-9-23(29-3)21(14-17)25(10-12-30-13-11-25)16-26-24(28)20-15-19-6-4-5-7-22(19)27-18(20)2/h4-9,14-15H,10-13,16H2,1-3H3,(H,26,28). The second kappa shape index (κ2) is 8.44. The van der Waals surface area contributed by atoms with Crippen molar-refractivity contribution in [2.75, 3.05) is 26.9 Å². The van der Waals surface area contributed by atoms with Crippen LogP contribution >= 0.6 is 0 Å². The van der Waals surface area contributed by atoms with E-state index in [0.717, 1.165) is 40.8 Å². The number of rotatable bonds is 5. The van der Waals surface area contributed by atoms with Crippen molar-refractivity contribution in [3.05, 3.63) is 70.9 Å². The zero-order valence-corrected chi connectivity index (χ0v) is 17.8. The van der Waals surface area contributed by atoms with Gasteiger partial charge in [-0.3, -0.25) is 9.78 Å². The number of pyridine rings is 1. The molecule has 1 fully saturated rings. The first-order valence-corrected chi connectivity index (χ1v) is 10.4. The summed E-state index contributed by atoms with van der Waals surface area (Å²) in [5, 5.41) is 4.16. The fourth-order valence-corrected chi connectivity index (χ4v) is 4.33. The number of methoxy groups -OCH3 is 1. The molecular formula is C25H28N2O3. The van der Waals surface area contributed by atoms with E-state index in [1.165, 1.54) is 5.56 Å². The van der Waals surface area contributed by atoms with Gasteiger partial charge in [-0.25, -0.2) is 0 Å². The van der Waals surface area contributed by atoms with E-state index in [1.54, 1.807) is 7.11 Å². The molecule has 1 aliphatic heterocycles. The average Bonchev–Trinajstić information content (AvgIpc) is 2.77. The molecule has 0 radical (unpaired) electrons. The lowest BCUT2D eigenvalue weighted by Gasteiger charge is -2.39. The molecule has 5 heteroatoms. The molecule has 2 heterocycles. The summed E-state index contributed by atoms with van der Waals surface area (Å²) < 4.78 is 11.3. The zero-order valence-electron chi connectivity index (χ0n) is 17.8. The summed E-state index contributed by atoms with van der Waals surface area (Å²) >= 11 is 0. The number of nitrogens with one attached hydrogen (secondary N) is 1. The van der Waals surface area contributed by atoms with E-state index in [2.05, 4.69) is 29.4 Å². The molecule has 4 rings (SSSR count). The average molecular weight is 405 g/mol. The Morgan fingerprint density at radius 1 is 1.13 bits per heavy atom. The van der Waals surface area contributed by atoms with E-state index >= 15 is 0 Å². The number of benzene rings is 2. The van der Waals surface area contributed by atoms with Gasteiger partial charge in [-0.1, -0.05) is 35.9 Å². The second-order valence-corrected chi connectivity index (χ2v) is 8.09. The van der Waals surface area contributed by atoms with Crippen LogP contribution in [0.25, 0.3) is 10.9 Å². The Kier molecular flexibility index (Phi) is 5.73. The molecule has 1 aliphatic rings. The van der Waals surface area contributed by atoms with Crippen LogP contribution in [0.15, 0.2) is 48.5 Å². The van der Waals surface area contributed by atoms with E-state index in [9.17, 15) is 4.79 Å². The van der Waals surface area contributed by atoms with Crippen LogP contribution in [0.3, 0.4) is 0 Å². The van der Waals surface area contributed by atoms with E-state index in [0.29, 0.717) is 25.3 Å². The summed E-state index contributed by atoms with van der Waals surface area (Å²) in [5.74, 6) is 0.767. The summed E-state index contributed by atoms with van der Waals surface area (Å²) in [6.07, 6.45) is 1.67. The van der Waals surface area contributed by atoms with E-state index in [4.69, 9.17) is 9.47 Å². The van der Waals surface area contributed by atoms with E-state index in [-0.39, 0.29) is 11.3 Å². The summed E-state index contributed by atoms with van der Waals surface area (Å²) in [6.45, 7) is 5.84. The third-order valence-electron chi connectivity index (χ3n) is 6.12. The first-order valence-electron chi connectivity index (χ1n) is 10.4. The summed E-state index contributed by atoms with van der Waals surface area (Å²) in [4.78, 5) is 17.7. The highest BCUT2D eigenvalue weighted by Crippen LogP contribution is 2.40. The van der Waals surface area contributed by atoms with Gasteiger partial charge in [-0.05, 0) is 44.9 Å². The number of carbonyl (C=O) groups excluding carboxylic acids is 1. The zero-order chi connectivity index (χ0) is 21.1. The number of aryl methyl sites for hydroxylation is 2. The van der Waals surface area contributed by atoms with Crippen LogP contribution < -0.4 is 10.1 Å².